The fourth-order valence-electron chi connectivity index (χ4n) is 1.50. The van der Waals surface area contributed by atoms with Crippen LogP contribution in [0.4, 0.5) is 0 Å². The first-order valence-electron chi connectivity index (χ1n) is 6.16. The summed E-state index contributed by atoms with van der Waals surface area (Å²) < 4.78 is 11.7. The van der Waals surface area contributed by atoms with Gasteiger partial charge in [-0.2, -0.15) is 0 Å². The number of aliphatic carboxylic acids is 1. The molecule has 0 fully saturated rings. The molecule has 2 rings (SSSR count). The van der Waals surface area contributed by atoms with Crippen LogP contribution in [-0.4, -0.2) is 27.0 Å². The van der Waals surface area contributed by atoms with Gasteiger partial charge in [0.05, 0.1) is 4.47 Å². The molecule has 8 heteroatoms. The first-order valence-corrected chi connectivity index (χ1v) is 7.94. The number of carboxylic acids is 1. The van der Waals surface area contributed by atoms with E-state index < -0.39 is 5.97 Å². The second-order valence-corrected chi connectivity index (χ2v) is 5.83. The lowest BCUT2D eigenvalue weighted by atomic mass is 10.2. The van der Waals surface area contributed by atoms with Gasteiger partial charge in [0.25, 0.3) is 11.1 Å². The molecule has 112 valence electrons. The minimum Gasteiger partial charge on any atom is -0.483 e. The van der Waals surface area contributed by atoms with E-state index in [4.69, 9.17) is 14.3 Å². The van der Waals surface area contributed by atoms with Crippen LogP contribution in [0.2, 0.25) is 0 Å². The highest BCUT2D eigenvalue weighted by molar-refractivity contribution is 9.10. The second-order valence-electron chi connectivity index (χ2n) is 4.05. The molecule has 0 radical (unpaired) electrons. The van der Waals surface area contributed by atoms with E-state index >= 15 is 0 Å². The molecule has 0 aliphatic carbocycles. The zero-order valence-corrected chi connectivity index (χ0v) is 13.6. The Labute approximate surface area is 134 Å². The third-order valence-corrected chi connectivity index (χ3v) is 3.95. The molecule has 1 aromatic heterocycles. The summed E-state index contributed by atoms with van der Waals surface area (Å²) in [5.41, 5.74) is 1.21. The van der Waals surface area contributed by atoms with Gasteiger partial charge in [-0.05, 0) is 40.0 Å². The van der Waals surface area contributed by atoms with Crippen molar-refractivity contribution < 1.29 is 19.1 Å². The van der Waals surface area contributed by atoms with Crippen molar-refractivity contribution in [2.45, 2.75) is 25.2 Å². The Morgan fingerprint density at radius 1 is 1.48 bits per heavy atom. The highest BCUT2D eigenvalue weighted by Gasteiger charge is 2.10. The zero-order valence-electron chi connectivity index (χ0n) is 11.2. The Balaban J connectivity index is 1.92. The van der Waals surface area contributed by atoms with Gasteiger partial charge in [-0.15, -0.1) is 10.2 Å². The topological polar surface area (TPSA) is 85.5 Å². The maximum absolute atomic E-state index is 10.4. The van der Waals surface area contributed by atoms with Crippen molar-refractivity contribution >= 4 is 33.7 Å². The molecule has 0 atom stereocenters. The van der Waals surface area contributed by atoms with Crippen LogP contribution in [0, 0.1) is 0 Å². The van der Waals surface area contributed by atoms with E-state index in [0.29, 0.717) is 11.6 Å². The fraction of sp³-hybridized carbons (Fsp3) is 0.308. The first kappa shape index (κ1) is 15.8. The lowest BCUT2D eigenvalue weighted by Gasteiger charge is -2.07. The number of rotatable bonds is 7. The number of carbonyl (C=O) groups is 1. The van der Waals surface area contributed by atoms with Crippen molar-refractivity contribution in [1.82, 2.24) is 10.2 Å². The molecular formula is C13H13BrN2O4S. The molecule has 6 nitrogen and oxygen atoms in total. The minimum atomic E-state index is -0.934. The molecule has 1 heterocycles. The maximum atomic E-state index is 10.4. The van der Waals surface area contributed by atoms with E-state index in [9.17, 15) is 4.79 Å². The summed E-state index contributed by atoms with van der Waals surface area (Å²) in [6, 6.07) is 5.86. The molecule has 2 aromatic rings. The molecule has 21 heavy (non-hydrogen) atoms. The molecule has 0 spiro atoms. The van der Waals surface area contributed by atoms with E-state index in [1.807, 2.05) is 18.2 Å². The van der Waals surface area contributed by atoms with Crippen molar-refractivity contribution in [3.63, 3.8) is 0 Å². The summed E-state index contributed by atoms with van der Waals surface area (Å²) in [7, 11) is 0. The normalized spacial score (nSPS) is 10.6. The van der Waals surface area contributed by atoms with Gasteiger partial charge in [0, 0.05) is 0 Å². The largest absolute Gasteiger partial charge is 0.483 e. The average molecular weight is 373 g/mol. The Morgan fingerprint density at radius 2 is 2.29 bits per heavy atom. The number of hydrogen-bond donors (Lipinski definition) is 1. The molecule has 1 N–H and O–H groups in total. The minimum absolute atomic E-state index is 0.119. The van der Waals surface area contributed by atoms with Crippen molar-refractivity contribution in [3.8, 4) is 5.75 Å². The molecular weight excluding hydrogens is 360 g/mol. The molecule has 0 saturated heterocycles. The summed E-state index contributed by atoms with van der Waals surface area (Å²) in [6.07, 6.45) is 0.951. The monoisotopic (exact) mass is 372 g/mol. The number of halogens is 1. The van der Waals surface area contributed by atoms with Gasteiger partial charge in [0.2, 0.25) is 0 Å². The van der Waals surface area contributed by atoms with Crippen molar-refractivity contribution in [3.05, 3.63) is 34.1 Å². The quantitative estimate of drug-likeness (QED) is 0.746. The van der Waals surface area contributed by atoms with E-state index in [1.54, 1.807) is 0 Å². The van der Waals surface area contributed by atoms with Crippen LogP contribution in [-0.2, 0) is 17.8 Å². The summed E-state index contributed by atoms with van der Waals surface area (Å²) in [4.78, 5) is 10.4. The van der Waals surface area contributed by atoms with Crippen LogP contribution in [0.1, 0.15) is 18.4 Å². The number of benzene rings is 1. The Morgan fingerprint density at radius 3 is 2.95 bits per heavy atom. The summed E-state index contributed by atoms with van der Waals surface area (Å²) >= 11 is 4.42. The highest BCUT2D eigenvalue weighted by atomic mass is 79.9. The maximum Gasteiger partial charge on any atom is 0.314 e. The number of hydrogen-bond acceptors (Lipinski definition) is 6. The number of aromatic nitrogens is 2. The Hall–Kier alpha value is -1.54. The molecule has 0 aliphatic heterocycles. The lowest BCUT2D eigenvalue weighted by Crippen LogP contribution is -1.97. The molecule has 1 aromatic carbocycles. The standard InChI is InChI=1S/C13H13BrN2O4S/c1-2-8-3-4-10(9(14)5-8)19-6-11-15-16-13(20-11)21-7-12(17)18/h3-5H,2,6-7H2,1H3,(H,17,18). The number of carboxylic acid groups (broad SMARTS) is 1. The second kappa shape index (κ2) is 7.46. The van der Waals surface area contributed by atoms with Gasteiger partial charge in [0.15, 0.2) is 6.61 Å². The van der Waals surface area contributed by atoms with Gasteiger partial charge >= 0.3 is 5.97 Å². The van der Waals surface area contributed by atoms with Crippen LogP contribution in [0.25, 0.3) is 0 Å². The highest BCUT2D eigenvalue weighted by Crippen LogP contribution is 2.27. The molecule has 0 amide bonds. The van der Waals surface area contributed by atoms with Crippen molar-refractivity contribution in [1.29, 1.82) is 0 Å². The molecule has 0 aliphatic rings. The molecule has 0 bridgehead atoms. The smallest absolute Gasteiger partial charge is 0.314 e. The lowest BCUT2D eigenvalue weighted by molar-refractivity contribution is -0.133. The van der Waals surface area contributed by atoms with Gasteiger partial charge < -0.3 is 14.3 Å². The third-order valence-electron chi connectivity index (χ3n) is 2.52. The van der Waals surface area contributed by atoms with Crippen LogP contribution in [0.3, 0.4) is 0 Å². The summed E-state index contributed by atoms with van der Waals surface area (Å²) in [6.45, 7) is 2.21. The third kappa shape index (κ3) is 4.75. The Kier molecular flexibility index (Phi) is 5.63. The Bertz CT molecular complexity index is 632. The van der Waals surface area contributed by atoms with E-state index in [0.717, 1.165) is 22.7 Å². The van der Waals surface area contributed by atoms with Gasteiger partial charge in [-0.25, -0.2) is 0 Å². The SMILES string of the molecule is CCc1ccc(OCc2nnc(SCC(=O)O)o2)c(Br)c1. The van der Waals surface area contributed by atoms with Crippen molar-refractivity contribution in [2.24, 2.45) is 0 Å². The summed E-state index contributed by atoms with van der Waals surface area (Å²) in [5, 5.41) is 16.3. The van der Waals surface area contributed by atoms with E-state index in [2.05, 4.69) is 33.1 Å². The van der Waals surface area contributed by atoms with Gasteiger partial charge in [0.1, 0.15) is 11.5 Å². The predicted octanol–water partition coefficient (Wildman–Crippen LogP) is 3.15. The van der Waals surface area contributed by atoms with Crippen molar-refractivity contribution in [2.75, 3.05) is 5.75 Å². The average Bonchev–Trinajstić information content (AvgIpc) is 2.91. The van der Waals surface area contributed by atoms with Crippen LogP contribution in [0.15, 0.2) is 32.3 Å². The number of ether oxygens (including phenoxy) is 1. The van der Waals surface area contributed by atoms with E-state index in [1.165, 1.54) is 5.56 Å². The van der Waals surface area contributed by atoms with Crippen LogP contribution < -0.4 is 4.74 Å². The first-order chi connectivity index (χ1) is 10.1. The van der Waals surface area contributed by atoms with E-state index in [-0.39, 0.29) is 17.6 Å². The molecule has 0 saturated carbocycles. The van der Waals surface area contributed by atoms with Crippen LogP contribution >= 0.6 is 27.7 Å². The number of aryl methyl sites for hydroxylation is 1. The van der Waals surface area contributed by atoms with Crippen LogP contribution in [0.5, 0.6) is 5.75 Å². The van der Waals surface area contributed by atoms with Gasteiger partial charge in [-0.3, -0.25) is 4.79 Å². The molecule has 0 unspecified atom stereocenters. The fourth-order valence-corrected chi connectivity index (χ4v) is 2.54. The zero-order chi connectivity index (χ0) is 15.2. The van der Waals surface area contributed by atoms with Gasteiger partial charge in [-0.1, -0.05) is 24.8 Å². The predicted molar refractivity (Wildman–Crippen MR) is 80.5 cm³/mol. The number of thioether (sulfide) groups is 1. The summed E-state index contributed by atoms with van der Waals surface area (Å²) in [5.74, 6) is -0.0672. The number of nitrogens with zero attached hydrogens (tertiary/aromatic N) is 2.